The van der Waals surface area contributed by atoms with Crippen molar-refractivity contribution >= 4 is 41.8 Å². The third-order valence-corrected chi connectivity index (χ3v) is 13.5. The van der Waals surface area contributed by atoms with E-state index in [1.165, 1.54) is 30.4 Å². The third kappa shape index (κ3) is 31.1. The molecule has 0 amide bonds. The minimum Gasteiger partial charge on any atom is -0.494 e. The second-order valence-electron chi connectivity index (χ2n) is 20.4. The van der Waals surface area contributed by atoms with Crippen molar-refractivity contribution in [1.82, 2.24) is 0 Å². The number of esters is 7. The van der Waals surface area contributed by atoms with E-state index < -0.39 is 29.8 Å². The zero-order valence-corrected chi connectivity index (χ0v) is 50.1. The first-order valence-electron chi connectivity index (χ1n) is 30.5. The van der Waals surface area contributed by atoms with Crippen molar-refractivity contribution in [1.29, 1.82) is 0 Å². The van der Waals surface area contributed by atoms with Crippen molar-refractivity contribution in [3.05, 3.63) is 151 Å². The molecule has 4 aromatic carbocycles. The summed E-state index contributed by atoms with van der Waals surface area (Å²) in [6.07, 6.45) is 26.6. The minimum atomic E-state index is -0.833. The first kappa shape index (κ1) is 70.3. The van der Waals surface area contributed by atoms with Crippen LogP contribution in [0.2, 0.25) is 0 Å². The Morgan fingerprint density at radius 1 is 0.279 bits per heavy atom. The molecule has 0 heterocycles. The van der Waals surface area contributed by atoms with E-state index in [4.69, 9.17) is 47.4 Å². The average Bonchev–Trinajstić information content (AvgIpc) is 3.71. The number of carbonyl (C=O) groups is 7. The summed E-state index contributed by atoms with van der Waals surface area (Å²) in [5.41, 5.74) is 0.659. The molecule has 0 saturated heterocycles. The zero-order chi connectivity index (χ0) is 61.7. The highest BCUT2D eigenvalue weighted by atomic mass is 16.6. The molecule has 0 radical (unpaired) electrons. The van der Waals surface area contributed by atoms with Gasteiger partial charge in [-0.2, -0.15) is 0 Å². The van der Waals surface area contributed by atoms with Gasteiger partial charge in [0.05, 0.1) is 69.5 Å². The van der Waals surface area contributed by atoms with E-state index in [0.29, 0.717) is 75.3 Å². The van der Waals surface area contributed by atoms with E-state index in [1.807, 2.05) is 0 Å². The molecule has 0 fully saturated rings. The van der Waals surface area contributed by atoms with Gasteiger partial charge in [0, 0.05) is 18.2 Å². The molecule has 0 aliphatic carbocycles. The normalized spacial score (nSPS) is 10.7. The van der Waals surface area contributed by atoms with Crippen molar-refractivity contribution in [2.45, 2.75) is 154 Å². The van der Waals surface area contributed by atoms with E-state index in [9.17, 15) is 33.6 Å². The Balaban J connectivity index is 1.23. The van der Waals surface area contributed by atoms with Gasteiger partial charge in [-0.15, -0.1) is 0 Å². The van der Waals surface area contributed by atoms with Crippen LogP contribution in [0.3, 0.4) is 0 Å². The molecule has 4 rings (SSSR count). The summed E-state index contributed by atoms with van der Waals surface area (Å²) >= 11 is 0. The van der Waals surface area contributed by atoms with Crippen LogP contribution >= 0.6 is 0 Å². The lowest BCUT2D eigenvalue weighted by atomic mass is 10.1. The summed E-state index contributed by atoms with van der Waals surface area (Å²) in [5.74, 6) is -2.23. The van der Waals surface area contributed by atoms with E-state index in [1.54, 1.807) is 72.8 Å². The van der Waals surface area contributed by atoms with Gasteiger partial charge in [0.2, 0.25) is 0 Å². The second-order valence-corrected chi connectivity index (χ2v) is 20.4. The number of hydrogen-bond donors (Lipinski definition) is 0. The molecule has 0 atom stereocenters. The van der Waals surface area contributed by atoms with Crippen molar-refractivity contribution in [3.63, 3.8) is 0 Å². The van der Waals surface area contributed by atoms with Gasteiger partial charge in [-0.05, 0) is 155 Å². The van der Waals surface area contributed by atoms with E-state index in [-0.39, 0.29) is 53.3 Å². The number of hydrogen-bond acceptors (Lipinski definition) is 17. The predicted octanol–water partition coefficient (Wildman–Crippen LogP) is 14.8. The van der Waals surface area contributed by atoms with Gasteiger partial charge in [-0.1, -0.05) is 110 Å². The molecular weight excluding hydrogens is 1100 g/mol. The highest BCUT2D eigenvalue weighted by Crippen LogP contribution is 2.28. The fraction of sp³-hybridized carbons (Fsp3) is 0.464. The summed E-state index contributed by atoms with van der Waals surface area (Å²) in [7, 11) is 0. The highest BCUT2D eigenvalue weighted by molar-refractivity contribution is 5.97. The molecule has 0 spiro atoms. The molecule has 86 heavy (non-hydrogen) atoms. The Morgan fingerprint density at radius 2 is 0.547 bits per heavy atom. The molecule has 17 heteroatoms. The smallest absolute Gasteiger partial charge is 0.343 e. The van der Waals surface area contributed by atoms with Crippen molar-refractivity contribution in [2.75, 3.05) is 52.9 Å². The van der Waals surface area contributed by atoms with Crippen molar-refractivity contribution in [2.24, 2.45) is 0 Å². The Kier molecular flexibility index (Phi) is 36.2. The summed E-state index contributed by atoms with van der Waals surface area (Å²) in [4.78, 5) is 86.7. The number of rotatable bonds is 48. The van der Waals surface area contributed by atoms with Crippen LogP contribution in [0, 0.1) is 0 Å². The standard InChI is InChI=1S/C69H88O17/c1-4-63(70)80-48-26-19-15-11-7-9-13-17-23-45-77-58-39-33-55(34-40-58)67(74)85-60-43-44-62(86-68(75)56-35-41-59(42-36-56)78-46-24-18-14-10-8-12-16-20-27-49-81-64(71)5-2)61(53-60)69(76)84-52-30-29-51-83-66(73)54-31-37-57(38-32-54)79-47-25-21-22-28-50-82-65(72)6-3/h4-6,31-44,53H,1-3,7-30,45-52H2. The van der Waals surface area contributed by atoms with Gasteiger partial charge in [0.15, 0.2) is 0 Å². The van der Waals surface area contributed by atoms with Gasteiger partial charge >= 0.3 is 41.8 Å². The van der Waals surface area contributed by atoms with Crippen LogP contribution in [-0.2, 0) is 38.1 Å². The number of carbonyl (C=O) groups excluding carboxylic acids is 7. The predicted molar refractivity (Wildman–Crippen MR) is 327 cm³/mol. The quantitative estimate of drug-likeness (QED) is 0.0132. The van der Waals surface area contributed by atoms with Crippen LogP contribution in [-0.4, -0.2) is 94.6 Å². The maximum atomic E-state index is 13.7. The van der Waals surface area contributed by atoms with E-state index in [0.717, 1.165) is 147 Å². The van der Waals surface area contributed by atoms with Gasteiger partial charge < -0.3 is 47.4 Å². The molecular formula is C69H88O17. The molecule has 17 nitrogen and oxygen atoms in total. The first-order valence-corrected chi connectivity index (χ1v) is 30.5. The minimum absolute atomic E-state index is 0.0106. The third-order valence-electron chi connectivity index (χ3n) is 13.5. The Morgan fingerprint density at radius 3 is 0.895 bits per heavy atom. The van der Waals surface area contributed by atoms with Crippen molar-refractivity contribution in [3.8, 4) is 28.7 Å². The molecule has 0 aliphatic heterocycles. The van der Waals surface area contributed by atoms with Crippen molar-refractivity contribution < 1.29 is 80.9 Å². The lowest BCUT2D eigenvalue weighted by molar-refractivity contribution is -0.138. The van der Waals surface area contributed by atoms with Gasteiger partial charge in [0.25, 0.3) is 0 Å². The van der Waals surface area contributed by atoms with Crippen LogP contribution in [0.4, 0.5) is 0 Å². The van der Waals surface area contributed by atoms with E-state index in [2.05, 4.69) is 19.7 Å². The SMILES string of the molecule is C=CC(=O)OCCCCCCCCCCCOc1ccc(C(=O)Oc2ccc(OC(=O)c3ccc(OCCCCCCCCCCCOC(=O)C=C)cc3)c(C(=O)OCCCCOC(=O)c3ccc(OCCCCCCOC(=O)C=C)cc3)c2)cc1. The molecule has 0 unspecified atom stereocenters. The summed E-state index contributed by atoms with van der Waals surface area (Å²) in [6, 6.07) is 23.8. The van der Waals surface area contributed by atoms with Gasteiger partial charge in [-0.3, -0.25) is 0 Å². The fourth-order valence-corrected chi connectivity index (χ4v) is 8.61. The largest absolute Gasteiger partial charge is 0.494 e. The lowest BCUT2D eigenvalue weighted by Crippen LogP contribution is -2.15. The fourth-order valence-electron chi connectivity index (χ4n) is 8.61. The highest BCUT2D eigenvalue weighted by Gasteiger charge is 2.21. The summed E-state index contributed by atoms with van der Waals surface area (Å²) < 4.78 is 55.1. The second kappa shape index (κ2) is 44.3. The van der Waals surface area contributed by atoms with Crippen LogP contribution in [0.1, 0.15) is 196 Å². The first-order chi connectivity index (χ1) is 42.0. The molecule has 0 aromatic heterocycles. The monoisotopic (exact) mass is 1190 g/mol. The molecule has 4 aromatic rings. The Hall–Kier alpha value is -8.21. The molecule has 0 aliphatic rings. The van der Waals surface area contributed by atoms with Gasteiger partial charge in [0.1, 0.15) is 34.3 Å². The van der Waals surface area contributed by atoms with Crippen LogP contribution in [0.25, 0.3) is 0 Å². The zero-order valence-electron chi connectivity index (χ0n) is 50.1. The molecule has 0 saturated carbocycles. The maximum Gasteiger partial charge on any atom is 0.343 e. The Bertz CT molecular complexity index is 2660. The van der Waals surface area contributed by atoms with Gasteiger partial charge in [-0.25, -0.2) is 33.6 Å². The Labute approximate surface area is 507 Å². The number of ether oxygens (including phenoxy) is 10. The summed E-state index contributed by atoms with van der Waals surface area (Å²) in [5, 5.41) is 0. The topological polar surface area (TPSA) is 212 Å². The molecule has 0 bridgehead atoms. The van der Waals surface area contributed by atoms with Crippen LogP contribution in [0.5, 0.6) is 28.7 Å². The van der Waals surface area contributed by atoms with Crippen LogP contribution < -0.4 is 23.7 Å². The number of benzene rings is 4. The summed E-state index contributed by atoms with van der Waals surface area (Å²) in [6.45, 7) is 13.0. The van der Waals surface area contributed by atoms with Crippen LogP contribution in [0.15, 0.2) is 129 Å². The van der Waals surface area contributed by atoms with E-state index >= 15 is 0 Å². The average molecular weight is 1190 g/mol. The molecule has 466 valence electrons. The number of unbranched alkanes of at least 4 members (excludes halogenated alkanes) is 20. The maximum absolute atomic E-state index is 13.7. The molecule has 0 N–H and O–H groups in total. The lowest BCUT2D eigenvalue weighted by Gasteiger charge is -2.13.